The zero-order chi connectivity index (χ0) is 19.9. The van der Waals surface area contributed by atoms with Crippen molar-refractivity contribution in [2.24, 2.45) is 0 Å². The van der Waals surface area contributed by atoms with E-state index in [1.165, 1.54) is 18.5 Å². The van der Waals surface area contributed by atoms with Crippen LogP contribution in [0.1, 0.15) is 22.2 Å². The van der Waals surface area contributed by atoms with Crippen LogP contribution in [0.5, 0.6) is 0 Å². The Morgan fingerprint density at radius 1 is 1.18 bits per heavy atom. The fourth-order valence-corrected chi connectivity index (χ4v) is 2.48. The largest absolute Gasteiger partial charge is 0.394 e. The summed E-state index contributed by atoms with van der Waals surface area (Å²) in [7, 11) is 0. The van der Waals surface area contributed by atoms with Gasteiger partial charge in [-0.3, -0.25) is 4.79 Å². The molecule has 5 N–H and O–H groups in total. The Morgan fingerprint density at radius 2 is 2.04 bits per heavy atom. The maximum Gasteiger partial charge on any atom is 0.319 e. The van der Waals surface area contributed by atoms with Crippen molar-refractivity contribution in [2.75, 3.05) is 17.2 Å². The highest BCUT2D eigenvalue weighted by Crippen LogP contribution is 2.15. The van der Waals surface area contributed by atoms with Crippen LogP contribution in [0, 0.1) is 0 Å². The fourth-order valence-electron chi connectivity index (χ4n) is 2.37. The number of carbonyl (C=O) groups excluding carboxylic acids is 2. The number of rotatable bonds is 6. The molecule has 0 saturated heterocycles. The summed E-state index contributed by atoms with van der Waals surface area (Å²) < 4.78 is 0. The van der Waals surface area contributed by atoms with Crippen molar-refractivity contribution >= 4 is 35.0 Å². The minimum atomic E-state index is -0.683. The van der Waals surface area contributed by atoms with E-state index < -0.39 is 12.1 Å². The molecule has 0 saturated carbocycles. The highest BCUT2D eigenvalue weighted by molar-refractivity contribution is 6.30. The second-order valence-electron chi connectivity index (χ2n) is 5.70. The van der Waals surface area contributed by atoms with E-state index in [9.17, 15) is 14.7 Å². The first-order chi connectivity index (χ1) is 13.5. The molecule has 144 valence electrons. The Morgan fingerprint density at radius 3 is 2.71 bits per heavy atom. The second kappa shape index (κ2) is 8.98. The Labute approximate surface area is 165 Å². The summed E-state index contributed by atoms with van der Waals surface area (Å²) in [4.78, 5) is 35.4. The average molecular weight is 401 g/mol. The number of pyridine rings is 1. The van der Waals surface area contributed by atoms with Crippen molar-refractivity contribution in [2.45, 2.75) is 6.04 Å². The van der Waals surface area contributed by atoms with E-state index in [1.807, 2.05) is 0 Å². The normalized spacial score (nSPS) is 11.5. The van der Waals surface area contributed by atoms with Crippen molar-refractivity contribution in [1.82, 2.24) is 20.3 Å². The number of benzene rings is 1. The Balaban J connectivity index is 1.63. The van der Waals surface area contributed by atoms with Gasteiger partial charge in [0.05, 0.1) is 11.6 Å². The molecule has 0 fully saturated rings. The third-order valence-corrected chi connectivity index (χ3v) is 3.91. The Hall–Kier alpha value is -3.43. The lowest BCUT2D eigenvalue weighted by molar-refractivity contribution is 0.102. The van der Waals surface area contributed by atoms with Crippen molar-refractivity contribution in [3.63, 3.8) is 0 Å². The number of halogens is 1. The van der Waals surface area contributed by atoms with E-state index in [0.717, 1.165) is 0 Å². The third kappa shape index (κ3) is 5.06. The molecule has 0 bridgehead atoms. The van der Waals surface area contributed by atoms with Gasteiger partial charge in [0.1, 0.15) is 17.7 Å². The minimum Gasteiger partial charge on any atom is -0.394 e. The van der Waals surface area contributed by atoms with Crippen LogP contribution in [-0.2, 0) is 0 Å². The molecule has 0 radical (unpaired) electrons. The Kier molecular flexibility index (Phi) is 6.20. The van der Waals surface area contributed by atoms with E-state index in [1.54, 1.807) is 36.5 Å². The van der Waals surface area contributed by atoms with Crippen molar-refractivity contribution in [3.8, 4) is 0 Å². The van der Waals surface area contributed by atoms with E-state index in [2.05, 4.69) is 30.9 Å². The number of aliphatic hydroxyl groups excluding tert-OH is 1. The minimum absolute atomic E-state index is 0.322. The van der Waals surface area contributed by atoms with E-state index in [-0.39, 0.29) is 12.5 Å². The van der Waals surface area contributed by atoms with E-state index in [4.69, 9.17) is 11.6 Å². The van der Waals surface area contributed by atoms with Crippen molar-refractivity contribution in [1.29, 1.82) is 0 Å². The Bertz CT molecular complexity index is 946. The van der Waals surface area contributed by atoms with Gasteiger partial charge in [0, 0.05) is 29.8 Å². The number of aliphatic hydroxyl groups is 1. The third-order valence-electron chi connectivity index (χ3n) is 3.69. The molecule has 0 unspecified atom stereocenters. The van der Waals surface area contributed by atoms with E-state index in [0.29, 0.717) is 27.9 Å². The molecular weight excluding hydrogens is 384 g/mol. The lowest BCUT2D eigenvalue weighted by Crippen LogP contribution is -2.35. The molecule has 2 heterocycles. The number of nitrogens with zero attached hydrogens (tertiary/aromatic N) is 2. The molecule has 3 amide bonds. The summed E-state index contributed by atoms with van der Waals surface area (Å²) in [6.07, 6.45) is 4.54. The molecule has 0 aliphatic carbocycles. The van der Waals surface area contributed by atoms with Crippen molar-refractivity contribution < 1.29 is 14.7 Å². The number of carbonyl (C=O) groups is 2. The predicted octanol–water partition coefficient (Wildman–Crippen LogP) is 2.57. The first kappa shape index (κ1) is 19.3. The predicted molar refractivity (Wildman–Crippen MR) is 104 cm³/mol. The maximum atomic E-state index is 12.4. The molecular formula is C18H17ClN6O3. The molecule has 3 aromatic rings. The number of H-pyrrole nitrogens is 1. The standard InChI is InChI=1S/C18H17ClN6O3/c19-12-4-5-15(22-9-12)25-17(27)11-2-1-3-13(8-11)23-18(28)24-14(10-26)16-20-6-7-21-16/h1-9,14,26H,10H2,(H,20,21)(H,22,25,27)(H2,23,24,28)/t14-/m1/s1. The second-order valence-corrected chi connectivity index (χ2v) is 6.14. The fraction of sp³-hybridized carbons (Fsp3) is 0.111. The number of amides is 3. The number of hydrogen-bond acceptors (Lipinski definition) is 5. The highest BCUT2D eigenvalue weighted by atomic mass is 35.5. The topological polar surface area (TPSA) is 132 Å². The molecule has 0 aliphatic heterocycles. The summed E-state index contributed by atoms with van der Waals surface area (Å²) in [5.41, 5.74) is 0.740. The number of nitrogens with one attached hydrogen (secondary N) is 4. The zero-order valence-corrected chi connectivity index (χ0v) is 15.3. The molecule has 28 heavy (non-hydrogen) atoms. The molecule has 1 aromatic carbocycles. The van der Waals surface area contributed by atoms with Crippen LogP contribution in [0.4, 0.5) is 16.3 Å². The summed E-state index contributed by atoms with van der Waals surface area (Å²) in [5.74, 6) is 0.402. The van der Waals surface area contributed by atoms with Gasteiger partial charge < -0.3 is 26.0 Å². The smallest absolute Gasteiger partial charge is 0.319 e. The summed E-state index contributed by atoms with van der Waals surface area (Å²) in [5, 5.41) is 17.7. The van der Waals surface area contributed by atoms with Gasteiger partial charge >= 0.3 is 6.03 Å². The molecule has 0 aliphatic rings. The average Bonchev–Trinajstić information content (AvgIpc) is 3.22. The molecule has 1 atom stereocenters. The van der Waals surface area contributed by atoms with Crippen LogP contribution in [0.15, 0.2) is 55.0 Å². The number of aromatic amines is 1. The lowest BCUT2D eigenvalue weighted by Gasteiger charge is -2.15. The van der Waals surface area contributed by atoms with Gasteiger partial charge in [-0.15, -0.1) is 0 Å². The van der Waals surface area contributed by atoms with Crippen LogP contribution >= 0.6 is 11.6 Å². The zero-order valence-electron chi connectivity index (χ0n) is 14.5. The van der Waals surface area contributed by atoms with Crippen LogP contribution in [-0.4, -0.2) is 38.6 Å². The molecule has 2 aromatic heterocycles. The molecule has 9 nitrogen and oxygen atoms in total. The SMILES string of the molecule is O=C(Nc1cccc(C(=O)Nc2ccc(Cl)cn2)c1)N[C@H](CO)c1ncc[nH]1. The summed E-state index contributed by atoms with van der Waals surface area (Å²) >= 11 is 5.77. The van der Waals surface area contributed by atoms with Crippen LogP contribution < -0.4 is 16.0 Å². The van der Waals surface area contributed by atoms with Gasteiger partial charge in [-0.2, -0.15) is 0 Å². The molecule has 10 heteroatoms. The van der Waals surface area contributed by atoms with Gasteiger partial charge in [-0.1, -0.05) is 17.7 Å². The van der Waals surface area contributed by atoms with E-state index >= 15 is 0 Å². The van der Waals surface area contributed by atoms with Crippen LogP contribution in [0.2, 0.25) is 5.02 Å². The first-order valence-electron chi connectivity index (χ1n) is 8.26. The summed E-state index contributed by atoms with van der Waals surface area (Å²) in [6.45, 7) is -0.322. The number of urea groups is 1. The monoisotopic (exact) mass is 400 g/mol. The maximum absolute atomic E-state index is 12.4. The van der Waals surface area contributed by atoms with Gasteiger partial charge in [0.25, 0.3) is 5.91 Å². The molecule has 0 spiro atoms. The van der Waals surface area contributed by atoms with Gasteiger partial charge in [0.2, 0.25) is 0 Å². The van der Waals surface area contributed by atoms with Crippen LogP contribution in [0.25, 0.3) is 0 Å². The highest BCUT2D eigenvalue weighted by Gasteiger charge is 2.16. The number of imidazole rings is 1. The number of anilines is 2. The summed E-state index contributed by atoms with van der Waals surface area (Å²) in [6, 6.07) is 8.36. The number of aromatic nitrogens is 3. The lowest BCUT2D eigenvalue weighted by atomic mass is 10.2. The first-order valence-corrected chi connectivity index (χ1v) is 8.63. The van der Waals surface area contributed by atoms with Gasteiger partial charge in [-0.25, -0.2) is 14.8 Å². The van der Waals surface area contributed by atoms with Crippen LogP contribution in [0.3, 0.4) is 0 Å². The van der Waals surface area contributed by atoms with Gasteiger partial charge in [-0.05, 0) is 30.3 Å². The van der Waals surface area contributed by atoms with Gasteiger partial charge in [0.15, 0.2) is 0 Å². The number of hydrogen-bond donors (Lipinski definition) is 5. The molecule has 3 rings (SSSR count). The van der Waals surface area contributed by atoms with Crippen molar-refractivity contribution in [3.05, 3.63) is 71.4 Å². The quantitative estimate of drug-likeness (QED) is 0.434.